The minimum absolute atomic E-state index is 0.235. The molecule has 1 aromatic rings. The van der Waals surface area contributed by atoms with Crippen LogP contribution < -0.4 is 0 Å². The van der Waals surface area contributed by atoms with Crippen molar-refractivity contribution >= 4 is 11.6 Å². The summed E-state index contributed by atoms with van der Waals surface area (Å²) in [5.74, 6) is 0. The lowest BCUT2D eigenvalue weighted by atomic mass is 10.1. The summed E-state index contributed by atoms with van der Waals surface area (Å²) in [5, 5.41) is -0.955. The topological polar surface area (TPSA) is 12.9 Å². The van der Waals surface area contributed by atoms with E-state index in [4.69, 9.17) is 11.6 Å². The first-order valence-corrected chi connectivity index (χ1v) is 4.13. The standard InChI is InChI=1S/C8H5ClF5N/c1-3-2-15-6(9)5(8(12,13)14)4(3)7(10)11/h2,7H,1H3. The van der Waals surface area contributed by atoms with E-state index in [1.807, 2.05) is 0 Å². The van der Waals surface area contributed by atoms with Crippen LogP contribution in [0.4, 0.5) is 22.0 Å². The van der Waals surface area contributed by atoms with Crippen LogP contribution in [0.5, 0.6) is 0 Å². The Morgan fingerprint density at radius 3 is 2.20 bits per heavy atom. The van der Waals surface area contributed by atoms with Crippen LogP contribution in [-0.2, 0) is 6.18 Å². The van der Waals surface area contributed by atoms with Crippen molar-refractivity contribution in [2.75, 3.05) is 0 Å². The molecule has 0 fully saturated rings. The lowest BCUT2D eigenvalue weighted by Gasteiger charge is -2.15. The highest BCUT2D eigenvalue weighted by molar-refractivity contribution is 6.30. The van der Waals surface area contributed by atoms with Gasteiger partial charge in [-0.1, -0.05) is 11.6 Å². The molecule has 15 heavy (non-hydrogen) atoms. The van der Waals surface area contributed by atoms with Gasteiger partial charge in [-0.25, -0.2) is 13.8 Å². The SMILES string of the molecule is Cc1cnc(Cl)c(C(F)(F)F)c1C(F)F. The predicted octanol–water partition coefficient (Wildman–Crippen LogP) is 4.00. The minimum atomic E-state index is -4.93. The van der Waals surface area contributed by atoms with Crippen molar-refractivity contribution in [1.29, 1.82) is 0 Å². The fourth-order valence-corrected chi connectivity index (χ4v) is 1.40. The summed E-state index contributed by atoms with van der Waals surface area (Å²) in [7, 11) is 0. The summed E-state index contributed by atoms with van der Waals surface area (Å²) in [6.07, 6.45) is -7.27. The Labute approximate surface area is 86.9 Å². The molecule has 0 aliphatic rings. The number of nitrogens with zero attached hydrogens (tertiary/aromatic N) is 1. The van der Waals surface area contributed by atoms with Gasteiger partial charge in [-0.05, 0) is 12.5 Å². The van der Waals surface area contributed by atoms with E-state index in [0.717, 1.165) is 13.1 Å². The van der Waals surface area contributed by atoms with E-state index in [1.165, 1.54) is 0 Å². The van der Waals surface area contributed by atoms with Gasteiger partial charge in [0.2, 0.25) is 0 Å². The van der Waals surface area contributed by atoms with E-state index in [2.05, 4.69) is 4.98 Å². The van der Waals surface area contributed by atoms with Crippen molar-refractivity contribution in [3.8, 4) is 0 Å². The lowest BCUT2D eigenvalue weighted by molar-refractivity contribution is -0.139. The van der Waals surface area contributed by atoms with Gasteiger partial charge in [0.1, 0.15) is 10.7 Å². The minimum Gasteiger partial charge on any atom is -0.244 e. The molecule has 0 aliphatic carbocycles. The van der Waals surface area contributed by atoms with E-state index >= 15 is 0 Å². The molecule has 0 unspecified atom stereocenters. The third kappa shape index (κ3) is 2.37. The molecule has 0 radical (unpaired) electrons. The summed E-state index contributed by atoms with van der Waals surface area (Å²) in [5.41, 5.74) is -2.90. The van der Waals surface area contributed by atoms with Crippen molar-refractivity contribution in [1.82, 2.24) is 4.98 Å². The van der Waals surface area contributed by atoms with E-state index in [1.54, 1.807) is 0 Å². The van der Waals surface area contributed by atoms with Gasteiger partial charge in [0.15, 0.2) is 0 Å². The molecule has 0 aliphatic heterocycles. The average Bonchev–Trinajstić information content (AvgIpc) is 2.05. The number of rotatable bonds is 1. The smallest absolute Gasteiger partial charge is 0.244 e. The first kappa shape index (κ1) is 12.2. The molecule has 7 heteroatoms. The molecule has 0 atom stereocenters. The maximum Gasteiger partial charge on any atom is 0.419 e. The molecule has 0 N–H and O–H groups in total. The maximum atomic E-state index is 12.4. The van der Waals surface area contributed by atoms with Crippen molar-refractivity contribution in [3.05, 3.63) is 28.0 Å². The summed E-state index contributed by atoms with van der Waals surface area (Å²) in [6, 6.07) is 0. The second kappa shape index (κ2) is 3.92. The third-order valence-corrected chi connectivity index (χ3v) is 2.06. The van der Waals surface area contributed by atoms with Crippen LogP contribution in [0.1, 0.15) is 23.1 Å². The average molecular weight is 246 g/mol. The first-order valence-electron chi connectivity index (χ1n) is 3.75. The Bertz CT molecular complexity index is 374. The number of hydrogen-bond donors (Lipinski definition) is 0. The number of hydrogen-bond acceptors (Lipinski definition) is 1. The summed E-state index contributed by atoms with van der Waals surface area (Å²) in [6.45, 7) is 1.13. The second-order valence-electron chi connectivity index (χ2n) is 2.82. The van der Waals surface area contributed by atoms with Crippen LogP contribution >= 0.6 is 11.6 Å². The van der Waals surface area contributed by atoms with E-state index in [0.29, 0.717) is 0 Å². The van der Waals surface area contributed by atoms with Gasteiger partial charge in [0.05, 0.1) is 0 Å². The van der Waals surface area contributed by atoms with Crippen LogP contribution in [0.2, 0.25) is 5.15 Å². The van der Waals surface area contributed by atoms with Gasteiger partial charge in [-0.2, -0.15) is 13.2 Å². The van der Waals surface area contributed by atoms with Gasteiger partial charge >= 0.3 is 6.18 Å². The van der Waals surface area contributed by atoms with Crippen molar-refractivity contribution in [2.45, 2.75) is 19.5 Å². The molecule has 0 saturated carbocycles. The summed E-state index contributed by atoms with van der Waals surface area (Å²) < 4.78 is 62.0. The van der Waals surface area contributed by atoms with Gasteiger partial charge in [0.25, 0.3) is 6.43 Å². The number of halogens is 6. The summed E-state index contributed by atoms with van der Waals surface area (Å²) in [4.78, 5) is 3.20. The zero-order chi connectivity index (χ0) is 11.8. The molecule has 1 heterocycles. The Morgan fingerprint density at radius 2 is 1.87 bits per heavy atom. The molecular weight excluding hydrogens is 241 g/mol. The normalized spacial score (nSPS) is 12.3. The van der Waals surface area contributed by atoms with Crippen LogP contribution in [0.3, 0.4) is 0 Å². The highest BCUT2D eigenvalue weighted by Gasteiger charge is 2.39. The molecule has 0 aromatic carbocycles. The van der Waals surface area contributed by atoms with Crippen LogP contribution in [0, 0.1) is 6.92 Å². The number of pyridine rings is 1. The van der Waals surface area contributed by atoms with Gasteiger partial charge < -0.3 is 0 Å². The molecule has 0 amide bonds. The predicted molar refractivity (Wildman–Crippen MR) is 43.9 cm³/mol. The molecule has 84 valence electrons. The Balaban J connectivity index is 3.53. The van der Waals surface area contributed by atoms with Crippen molar-refractivity contribution in [3.63, 3.8) is 0 Å². The fourth-order valence-electron chi connectivity index (χ4n) is 1.15. The maximum absolute atomic E-state index is 12.4. The molecule has 1 rings (SSSR count). The molecule has 1 aromatic heterocycles. The van der Waals surface area contributed by atoms with Crippen LogP contribution in [0.25, 0.3) is 0 Å². The van der Waals surface area contributed by atoms with Crippen LogP contribution in [0.15, 0.2) is 6.20 Å². The number of aryl methyl sites for hydroxylation is 1. The van der Waals surface area contributed by atoms with Gasteiger partial charge in [-0.3, -0.25) is 0 Å². The Hall–Kier alpha value is -0.910. The number of aromatic nitrogens is 1. The highest BCUT2D eigenvalue weighted by atomic mass is 35.5. The van der Waals surface area contributed by atoms with Crippen molar-refractivity contribution < 1.29 is 22.0 Å². The van der Waals surface area contributed by atoms with Gasteiger partial charge in [-0.15, -0.1) is 0 Å². The lowest BCUT2D eigenvalue weighted by Crippen LogP contribution is -2.13. The second-order valence-corrected chi connectivity index (χ2v) is 3.18. The molecule has 0 spiro atoms. The molecular formula is C8H5ClF5N. The highest BCUT2D eigenvalue weighted by Crippen LogP contribution is 2.40. The molecule has 0 saturated heterocycles. The Kier molecular flexibility index (Phi) is 3.18. The monoisotopic (exact) mass is 245 g/mol. The molecule has 0 bridgehead atoms. The number of alkyl halides is 5. The van der Waals surface area contributed by atoms with Gasteiger partial charge in [0, 0.05) is 11.8 Å². The zero-order valence-corrected chi connectivity index (χ0v) is 8.13. The van der Waals surface area contributed by atoms with E-state index in [-0.39, 0.29) is 5.56 Å². The van der Waals surface area contributed by atoms with E-state index < -0.39 is 28.9 Å². The third-order valence-electron chi connectivity index (χ3n) is 1.77. The summed E-state index contributed by atoms with van der Waals surface area (Å²) >= 11 is 5.17. The van der Waals surface area contributed by atoms with Crippen LogP contribution in [-0.4, -0.2) is 4.98 Å². The Morgan fingerprint density at radius 1 is 1.33 bits per heavy atom. The van der Waals surface area contributed by atoms with Crippen molar-refractivity contribution in [2.24, 2.45) is 0 Å². The fraction of sp³-hybridized carbons (Fsp3) is 0.375. The zero-order valence-electron chi connectivity index (χ0n) is 7.37. The quantitative estimate of drug-likeness (QED) is 0.538. The largest absolute Gasteiger partial charge is 0.419 e. The first-order chi connectivity index (χ1) is 6.75. The van der Waals surface area contributed by atoms with E-state index in [9.17, 15) is 22.0 Å². The molecule has 1 nitrogen and oxygen atoms in total.